The highest BCUT2D eigenvalue weighted by molar-refractivity contribution is 5.85. The second kappa shape index (κ2) is 6.07. The van der Waals surface area contributed by atoms with Crippen molar-refractivity contribution in [2.24, 2.45) is 0 Å². The van der Waals surface area contributed by atoms with Crippen molar-refractivity contribution in [2.75, 3.05) is 6.54 Å². The van der Waals surface area contributed by atoms with Crippen molar-refractivity contribution in [3.8, 4) is 5.75 Å². The molecule has 1 aliphatic rings. The van der Waals surface area contributed by atoms with Gasteiger partial charge in [0.15, 0.2) is 0 Å². The third-order valence-corrected chi connectivity index (χ3v) is 3.34. The maximum atomic E-state index is 11.1. The van der Waals surface area contributed by atoms with E-state index in [-0.39, 0.29) is 18.2 Å². The van der Waals surface area contributed by atoms with E-state index in [9.17, 15) is 9.90 Å². The van der Waals surface area contributed by atoms with Crippen molar-refractivity contribution in [3.05, 3.63) is 29.3 Å². The van der Waals surface area contributed by atoms with Gasteiger partial charge in [0.1, 0.15) is 11.8 Å². The molecule has 0 saturated carbocycles. The third kappa shape index (κ3) is 2.94. The molecule has 2 N–H and O–H groups in total. The van der Waals surface area contributed by atoms with Crippen molar-refractivity contribution in [1.29, 1.82) is 0 Å². The van der Waals surface area contributed by atoms with Gasteiger partial charge < -0.3 is 10.2 Å². The fourth-order valence-electron chi connectivity index (χ4n) is 2.42. The molecular weight excluding hydrogens is 254 g/mol. The Hall–Kier alpha value is -1.26. The number of carboxylic acid groups (broad SMARTS) is 1. The lowest BCUT2D eigenvalue weighted by atomic mass is 9.97. The van der Waals surface area contributed by atoms with E-state index in [1.165, 1.54) is 5.56 Å². The molecule has 0 saturated heterocycles. The Morgan fingerprint density at radius 1 is 1.44 bits per heavy atom. The zero-order chi connectivity index (χ0) is 12.4. The van der Waals surface area contributed by atoms with Gasteiger partial charge in [0.2, 0.25) is 0 Å². The van der Waals surface area contributed by atoms with Crippen LogP contribution in [0.25, 0.3) is 0 Å². The summed E-state index contributed by atoms with van der Waals surface area (Å²) in [6.07, 6.45) is 1.45. The predicted octanol–water partition coefficient (Wildman–Crippen LogP) is 2.04. The van der Waals surface area contributed by atoms with Crippen LogP contribution in [0.2, 0.25) is 0 Å². The molecule has 1 heterocycles. The van der Waals surface area contributed by atoms with Crippen LogP contribution in [0.3, 0.4) is 0 Å². The summed E-state index contributed by atoms with van der Waals surface area (Å²) in [5.74, 6) is -0.523. The summed E-state index contributed by atoms with van der Waals surface area (Å²) in [5, 5.41) is 18.6. The summed E-state index contributed by atoms with van der Waals surface area (Å²) in [6.45, 7) is 3.26. The molecule has 5 heteroatoms. The van der Waals surface area contributed by atoms with E-state index in [0.29, 0.717) is 13.0 Å². The number of phenols is 1. The van der Waals surface area contributed by atoms with Gasteiger partial charge >= 0.3 is 5.97 Å². The number of hydrogen-bond acceptors (Lipinski definition) is 3. The summed E-state index contributed by atoms with van der Waals surface area (Å²) in [7, 11) is 0. The SMILES string of the molecule is CCC(C(=O)O)N1CCc2ccc(O)cc2C1.Cl. The van der Waals surface area contributed by atoms with E-state index in [2.05, 4.69) is 0 Å². The van der Waals surface area contributed by atoms with Gasteiger partial charge in [-0.3, -0.25) is 9.69 Å². The maximum absolute atomic E-state index is 11.1. The van der Waals surface area contributed by atoms with Crippen LogP contribution in [0, 0.1) is 0 Å². The van der Waals surface area contributed by atoms with Crippen LogP contribution >= 0.6 is 12.4 Å². The van der Waals surface area contributed by atoms with Gasteiger partial charge in [0, 0.05) is 13.1 Å². The van der Waals surface area contributed by atoms with Crippen molar-refractivity contribution in [2.45, 2.75) is 32.4 Å². The molecule has 0 aliphatic carbocycles. The maximum Gasteiger partial charge on any atom is 0.320 e. The number of nitrogens with zero attached hydrogens (tertiary/aromatic N) is 1. The number of rotatable bonds is 3. The molecule has 1 aliphatic heterocycles. The summed E-state index contributed by atoms with van der Waals surface area (Å²) in [5.41, 5.74) is 2.25. The first-order chi connectivity index (χ1) is 8.11. The van der Waals surface area contributed by atoms with E-state index < -0.39 is 12.0 Å². The lowest BCUT2D eigenvalue weighted by molar-refractivity contribution is -0.143. The molecule has 1 unspecified atom stereocenters. The number of aromatic hydroxyl groups is 1. The van der Waals surface area contributed by atoms with E-state index in [1.807, 2.05) is 17.9 Å². The van der Waals surface area contributed by atoms with Gasteiger partial charge in [-0.05, 0) is 36.1 Å². The lowest BCUT2D eigenvalue weighted by Crippen LogP contribution is -2.43. The van der Waals surface area contributed by atoms with Gasteiger partial charge in [0.25, 0.3) is 0 Å². The first-order valence-corrected chi connectivity index (χ1v) is 5.89. The molecule has 0 fully saturated rings. The number of fused-ring (bicyclic) bond motifs is 1. The number of halogens is 1. The average Bonchev–Trinajstić information content (AvgIpc) is 2.29. The molecule has 1 aromatic carbocycles. The molecule has 2 rings (SSSR count). The van der Waals surface area contributed by atoms with Crippen molar-refractivity contribution in [1.82, 2.24) is 4.90 Å². The topological polar surface area (TPSA) is 60.8 Å². The summed E-state index contributed by atoms with van der Waals surface area (Å²) >= 11 is 0. The second-order valence-corrected chi connectivity index (χ2v) is 4.44. The minimum Gasteiger partial charge on any atom is -0.508 e. The quantitative estimate of drug-likeness (QED) is 0.883. The second-order valence-electron chi connectivity index (χ2n) is 4.44. The highest BCUT2D eigenvalue weighted by atomic mass is 35.5. The van der Waals surface area contributed by atoms with Gasteiger partial charge in [0.05, 0.1) is 0 Å². The highest BCUT2D eigenvalue weighted by Gasteiger charge is 2.27. The monoisotopic (exact) mass is 271 g/mol. The van der Waals surface area contributed by atoms with Gasteiger partial charge in [-0.25, -0.2) is 0 Å². The minimum atomic E-state index is -0.767. The molecule has 4 nitrogen and oxygen atoms in total. The van der Waals surface area contributed by atoms with Crippen LogP contribution in [0.4, 0.5) is 0 Å². The molecule has 18 heavy (non-hydrogen) atoms. The number of benzene rings is 1. The van der Waals surface area contributed by atoms with Crippen LogP contribution in [0.5, 0.6) is 5.75 Å². The number of aliphatic carboxylic acids is 1. The van der Waals surface area contributed by atoms with Crippen molar-refractivity contribution >= 4 is 18.4 Å². The molecule has 1 aromatic rings. The molecule has 1 atom stereocenters. The van der Waals surface area contributed by atoms with Crippen LogP contribution in [-0.2, 0) is 17.8 Å². The average molecular weight is 272 g/mol. The number of hydrogen-bond donors (Lipinski definition) is 2. The third-order valence-electron chi connectivity index (χ3n) is 3.34. The molecule has 0 amide bonds. The smallest absolute Gasteiger partial charge is 0.320 e. The molecular formula is C13H18ClNO3. The zero-order valence-corrected chi connectivity index (χ0v) is 11.1. The highest BCUT2D eigenvalue weighted by Crippen LogP contribution is 2.24. The number of phenolic OH excluding ortho intramolecular Hbond substituents is 1. The fraction of sp³-hybridized carbons (Fsp3) is 0.462. The van der Waals surface area contributed by atoms with E-state index in [4.69, 9.17) is 5.11 Å². The zero-order valence-electron chi connectivity index (χ0n) is 10.3. The van der Waals surface area contributed by atoms with Crippen LogP contribution in [-0.4, -0.2) is 33.7 Å². The van der Waals surface area contributed by atoms with Gasteiger partial charge in [-0.2, -0.15) is 0 Å². The Bertz CT molecular complexity index is 436. The Balaban J connectivity index is 0.00000162. The summed E-state index contributed by atoms with van der Waals surface area (Å²) < 4.78 is 0. The van der Waals surface area contributed by atoms with E-state index >= 15 is 0 Å². The van der Waals surface area contributed by atoms with Crippen molar-refractivity contribution in [3.63, 3.8) is 0 Å². The number of carboxylic acids is 1. The van der Waals surface area contributed by atoms with Crippen LogP contribution in [0.1, 0.15) is 24.5 Å². The van der Waals surface area contributed by atoms with Gasteiger partial charge in [-0.1, -0.05) is 13.0 Å². The van der Waals surface area contributed by atoms with Crippen LogP contribution in [0.15, 0.2) is 18.2 Å². The van der Waals surface area contributed by atoms with Crippen molar-refractivity contribution < 1.29 is 15.0 Å². The minimum absolute atomic E-state index is 0. The molecule has 0 bridgehead atoms. The Kier molecular flexibility index (Phi) is 4.99. The fourth-order valence-corrected chi connectivity index (χ4v) is 2.42. The molecule has 0 aromatic heterocycles. The first-order valence-electron chi connectivity index (χ1n) is 5.89. The normalized spacial score (nSPS) is 16.5. The standard InChI is InChI=1S/C13H17NO3.ClH/c1-2-12(13(16)17)14-6-5-9-3-4-11(15)7-10(9)8-14;/h3-4,7,12,15H,2,5-6,8H2,1H3,(H,16,17);1H. The van der Waals surface area contributed by atoms with E-state index in [1.54, 1.807) is 12.1 Å². The molecule has 100 valence electrons. The Morgan fingerprint density at radius 3 is 2.78 bits per heavy atom. The summed E-state index contributed by atoms with van der Waals surface area (Å²) in [6, 6.07) is 4.91. The largest absolute Gasteiger partial charge is 0.508 e. The molecule has 0 spiro atoms. The molecule has 0 radical (unpaired) electrons. The lowest BCUT2D eigenvalue weighted by Gasteiger charge is -2.32. The predicted molar refractivity (Wildman–Crippen MR) is 71.2 cm³/mol. The number of carbonyl (C=O) groups is 1. The van der Waals surface area contributed by atoms with Crippen LogP contribution < -0.4 is 0 Å². The van der Waals surface area contributed by atoms with Gasteiger partial charge in [-0.15, -0.1) is 12.4 Å². The first kappa shape index (κ1) is 14.8. The van der Waals surface area contributed by atoms with E-state index in [0.717, 1.165) is 18.5 Å². The summed E-state index contributed by atoms with van der Waals surface area (Å²) in [4.78, 5) is 13.1. The Labute approximate surface area is 113 Å². The Morgan fingerprint density at radius 2 is 2.17 bits per heavy atom.